The predicted octanol–water partition coefficient (Wildman–Crippen LogP) is 4.97. The zero-order chi connectivity index (χ0) is 22.8. The summed E-state index contributed by atoms with van der Waals surface area (Å²) in [4.78, 5) is 28.3. The molecular formula is C28H30N2O3. The van der Waals surface area contributed by atoms with Gasteiger partial charge in [-0.2, -0.15) is 0 Å². The summed E-state index contributed by atoms with van der Waals surface area (Å²) in [5, 5.41) is 5.16. The lowest BCUT2D eigenvalue weighted by molar-refractivity contribution is -0.127. The number of benzene rings is 3. The average molecular weight is 443 g/mol. The number of ether oxygens (including phenoxy) is 1. The summed E-state index contributed by atoms with van der Waals surface area (Å²) < 4.78 is 5.46. The van der Waals surface area contributed by atoms with E-state index in [-0.39, 0.29) is 23.8 Å². The van der Waals surface area contributed by atoms with Crippen LogP contribution in [0.5, 0.6) is 5.75 Å². The molecule has 1 N–H and O–H groups in total. The summed E-state index contributed by atoms with van der Waals surface area (Å²) >= 11 is 0. The van der Waals surface area contributed by atoms with Gasteiger partial charge in [0.25, 0.3) is 5.91 Å². The van der Waals surface area contributed by atoms with Crippen molar-refractivity contribution in [1.29, 1.82) is 0 Å². The topological polar surface area (TPSA) is 58.6 Å². The van der Waals surface area contributed by atoms with E-state index in [0.717, 1.165) is 16.5 Å². The molecule has 5 heteroatoms. The molecule has 1 saturated heterocycles. The van der Waals surface area contributed by atoms with Gasteiger partial charge in [0.05, 0.1) is 13.2 Å². The number of fused-ring (bicyclic) bond motifs is 1. The number of hydrogen-bond donors (Lipinski definition) is 1. The fourth-order valence-corrected chi connectivity index (χ4v) is 4.99. The molecule has 0 bridgehead atoms. The Bertz CT molecular complexity index is 1150. The number of nitrogens with one attached hydrogen (secondary N) is 1. The third kappa shape index (κ3) is 4.45. The summed E-state index contributed by atoms with van der Waals surface area (Å²) in [7, 11) is 1.64. The van der Waals surface area contributed by atoms with Gasteiger partial charge < -0.3 is 15.0 Å². The maximum Gasteiger partial charge on any atom is 0.254 e. The van der Waals surface area contributed by atoms with Gasteiger partial charge in [-0.15, -0.1) is 0 Å². The first kappa shape index (κ1) is 21.5. The number of piperidine rings is 1. The molecule has 5 rings (SSSR count). The van der Waals surface area contributed by atoms with E-state index in [2.05, 4.69) is 17.4 Å². The van der Waals surface area contributed by atoms with Crippen molar-refractivity contribution in [2.45, 2.75) is 31.7 Å². The number of rotatable bonds is 6. The van der Waals surface area contributed by atoms with Gasteiger partial charge in [0.1, 0.15) is 5.75 Å². The van der Waals surface area contributed by atoms with E-state index in [9.17, 15) is 9.59 Å². The average Bonchev–Trinajstić information content (AvgIpc) is 3.72. The highest BCUT2D eigenvalue weighted by Crippen LogP contribution is 2.41. The third-order valence-corrected chi connectivity index (χ3v) is 7.04. The quantitative estimate of drug-likeness (QED) is 0.587. The number of carbonyl (C=O) groups is 2. The molecule has 1 aliphatic carbocycles. The lowest BCUT2D eigenvalue weighted by Gasteiger charge is -2.32. The normalized spacial score (nSPS) is 17.5. The Morgan fingerprint density at radius 2 is 1.55 bits per heavy atom. The second-order valence-electron chi connectivity index (χ2n) is 9.16. The minimum Gasteiger partial charge on any atom is -0.496 e. The van der Waals surface area contributed by atoms with Crippen LogP contribution in [-0.2, 0) is 4.79 Å². The van der Waals surface area contributed by atoms with Crippen LogP contribution in [0.3, 0.4) is 0 Å². The molecule has 1 atom stereocenters. The maximum absolute atomic E-state index is 13.3. The van der Waals surface area contributed by atoms with E-state index < -0.39 is 0 Å². The minimum absolute atomic E-state index is 0.0212. The number of carbonyl (C=O) groups excluding carboxylic acids is 2. The lowest BCUT2D eigenvalue weighted by Crippen LogP contribution is -2.44. The smallest absolute Gasteiger partial charge is 0.254 e. The van der Waals surface area contributed by atoms with Gasteiger partial charge in [0, 0.05) is 30.0 Å². The highest BCUT2D eigenvalue weighted by Gasteiger charge is 2.36. The second-order valence-corrected chi connectivity index (χ2v) is 9.16. The molecule has 0 unspecified atom stereocenters. The van der Waals surface area contributed by atoms with Crippen molar-refractivity contribution in [3.8, 4) is 5.75 Å². The molecule has 3 aromatic carbocycles. The Hall–Kier alpha value is -3.34. The first-order valence-electron chi connectivity index (χ1n) is 11.9. The standard InChI is InChI=1S/C28H30N2O3/c1-33-25-14-13-24(22-9-5-6-10-23(22)25)28(32)30-17-15-21(16-18-30)27(31)29-26(20-11-12-20)19-7-3-2-4-8-19/h2-10,13-14,20-21,26H,11-12,15-18H2,1H3,(H,29,31)/t26-/m1/s1. The highest BCUT2D eigenvalue weighted by atomic mass is 16.5. The zero-order valence-electron chi connectivity index (χ0n) is 19.0. The Labute approximate surface area is 194 Å². The molecule has 1 heterocycles. The molecule has 1 aliphatic heterocycles. The molecule has 2 aliphatic rings. The van der Waals surface area contributed by atoms with Crippen molar-refractivity contribution < 1.29 is 14.3 Å². The van der Waals surface area contributed by atoms with Crippen LogP contribution in [0.1, 0.15) is 47.6 Å². The van der Waals surface area contributed by atoms with Crippen LogP contribution in [-0.4, -0.2) is 36.9 Å². The van der Waals surface area contributed by atoms with Gasteiger partial charge in [0.15, 0.2) is 0 Å². The monoisotopic (exact) mass is 442 g/mol. The van der Waals surface area contributed by atoms with Crippen LogP contribution >= 0.6 is 0 Å². The molecule has 3 aromatic rings. The molecule has 2 amide bonds. The van der Waals surface area contributed by atoms with Crippen LogP contribution in [0, 0.1) is 11.8 Å². The van der Waals surface area contributed by atoms with Crippen molar-refractivity contribution in [1.82, 2.24) is 10.2 Å². The number of amides is 2. The van der Waals surface area contributed by atoms with Gasteiger partial charge in [-0.1, -0.05) is 54.6 Å². The fraction of sp³-hybridized carbons (Fsp3) is 0.357. The molecule has 33 heavy (non-hydrogen) atoms. The summed E-state index contributed by atoms with van der Waals surface area (Å²) in [6.45, 7) is 1.19. The first-order valence-corrected chi connectivity index (χ1v) is 11.9. The third-order valence-electron chi connectivity index (χ3n) is 7.04. The molecule has 170 valence electrons. The van der Waals surface area contributed by atoms with Crippen molar-refractivity contribution in [2.75, 3.05) is 20.2 Å². The maximum atomic E-state index is 13.3. The molecule has 5 nitrogen and oxygen atoms in total. The Morgan fingerprint density at radius 3 is 2.21 bits per heavy atom. The SMILES string of the molecule is COc1ccc(C(=O)N2CCC(C(=O)N[C@H](c3ccccc3)C3CC3)CC2)c2ccccc12. The fourth-order valence-electron chi connectivity index (χ4n) is 4.99. The van der Waals surface area contributed by atoms with Crippen molar-refractivity contribution in [3.63, 3.8) is 0 Å². The molecular weight excluding hydrogens is 412 g/mol. The van der Waals surface area contributed by atoms with Crippen LogP contribution in [0.2, 0.25) is 0 Å². The van der Waals surface area contributed by atoms with Gasteiger partial charge in [-0.05, 0) is 54.7 Å². The first-order chi connectivity index (χ1) is 16.2. The number of hydrogen-bond acceptors (Lipinski definition) is 3. The zero-order valence-corrected chi connectivity index (χ0v) is 19.0. The second kappa shape index (κ2) is 9.26. The van der Waals surface area contributed by atoms with E-state index in [1.807, 2.05) is 59.5 Å². The predicted molar refractivity (Wildman–Crippen MR) is 129 cm³/mol. The van der Waals surface area contributed by atoms with Crippen molar-refractivity contribution in [2.24, 2.45) is 11.8 Å². The van der Waals surface area contributed by atoms with Crippen LogP contribution in [0.4, 0.5) is 0 Å². The van der Waals surface area contributed by atoms with E-state index in [1.165, 1.54) is 18.4 Å². The van der Waals surface area contributed by atoms with Crippen molar-refractivity contribution in [3.05, 3.63) is 77.9 Å². The van der Waals surface area contributed by atoms with Gasteiger partial charge in [-0.25, -0.2) is 0 Å². The Kier molecular flexibility index (Phi) is 6.03. The highest BCUT2D eigenvalue weighted by molar-refractivity contribution is 6.08. The van der Waals surface area contributed by atoms with Gasteiger partial charge in [0.2, 0.25) is 5.91 Å². The minimum atomic E-state index is -0.0494. The molecule has 1 saturated carbocycles. The van der Waals surface area contributed by atoms with Crippen LogP contribution in [0.25, 0.3) is 10.8 Å². The van der Waals surface area contributed by atoms with Crippen molar-refractivity contribution >= 4 is 22.6 Å². The lowest BCUT2D eigenvalue weighted by atomic mass is 9.93. The van der Waals surface area contributed by atoms with E-state index in [4.69, 9.17) is 4.74 Å². The molecule has 0 spiro atoms. The molecule has 0 radical (unpaired) electrons. The number of methoxy groups -OCH3 is 1. The summed E-state index contributed by atoms with van der Waals surface area (Å²) in [6, 6.07) is 21.9. The van der Waals surface area contributed by atoms with Crippen LogP contribution < -0.4 is 10.1 Å². The molecule has 2 fully saturated rings. The summed E-state index contributed by atoms with van der Waals surface area (Å²) in [5.41, 5.74) is 1.87. The summed E-state index contributed by atoms with van der Waals surface area (Å²) in [5.74, 6) is 1.40. The van der Waals surface area contributed by atoms with E-state index in [0.29, 0.717) is 37.4 Å². The van der Waals surface area contributed by atoms with E-state index in [1.54, 1.807) is 7.11 Å². The van der Waals surface area contributed by atoms with Gasteiger partial charge >= 0.3 is 0 Å². The Balaban J connectivity index is 1.24. The van der Waals surface area contributed by atoms with Crippen LogP contribution in [0.15, 0.2) is 66.7 Å². The number of likely N-dealkylation sites (tertiary alicyclic amines) is 1. The van der Waals surface area contributed by atoms with E-state index >= 15 is 0 Å². The summed E-state index contributed by atoms with van der Waals surface area (Å²) in [6.07, 6.45) is 3.72. The Morgan fingerprint density at radius 1 is 0.879 bits per heavy atom. The molecule has 0 aromatic heterocycles. The number of nitrogens with zero attached hydrogens (tertiary/aromatic N) is 1. The largest absolute Gasteiger partial charge is 0.496 e. The van der Waals surface area contributed by atoms with Gasteiger partial charge in [-0.3, -0.25) is 9.59 Å².